The van der Waals surface area contributed by atoms with Crippen LogP contribution in [0.15, 0.2) is 39.9 Å². The quantitative estimate of drug-likeness (QED) is 0.445. The Morgan fingerprint density at radius 2 is 1.70 bits per heavy atom. The Kier molecular flexibility index (Phi) is 8.14. The second-order valence-corrected chi connectivity index (χ2v) is 8.00. The highest BCUT2D eigenvalue weighted by Gasteiger charge is 2.21. The number of anilines is 1. The first-order chi connectivity index (χ1) is 14.1. The maximum Gasteiger partial charge on any atom is 0.332 e. The molecule has 0 spiro atoms. The van der Waals surface area contributed by atoms with Crippen LogP contribution in [0.2, 0.25) is 0 Å². The van der Waals surface area contributed by atoms with E-state index in [0.29, 0.717) is 18.6 Å². The van der Waals surface area contributed by atoms with E-state index < -0.39 is 17.0 Å². The highest BCUT2D eigenvalue weighted by molar-refractivity contribution is 6.01. The zero-order valence-electron chi connectivity index (χ0n) is 18.5. The Hall–Kier alpha value is -2.71. The van der Waals surface area contributed by atoms with Gasteiger partial charge in [0.2, 0.25) is 0 Å². The molecule has 2 rings (SSSR count). The summed E-state index contributed by atoms with van der Waals surface area (Å²) in [7, 11) is 1.36. The Labute approximate surface area is 177 Å². The van der Waals surface area contributed by atoms with Gasteiger partial charge in [0, 0.05) is 32.2 Å². The molecule has 30 heavy (non-hydrogen) atoms. The Morgan fingerprint density at radius 1 is 1.10 bits per heavy atom. The van der Waals surface area contributed by atoms with Crippen LogP contribution < -0.4 is 22.3 Å². The minimum atomic E-state index is -0.667. The van der Waals surface area contributed by atoms with E-state index in [9.17, 15) is 14.4 Å². The summed E-state index contributed by atoms with van der Waals surface area (Å²) in [6, 6.07) is 10.1. The lowest BCUT2D eigenvalue weighted by molar-refractivity contribution is 0.0986. The van der Waals surface area contributed by atoms with E-state index in [4.69, 9.17) is 5.73 Å². The first-order valence-corrected chi connectivity index (χ1v) is 10.3. The summed E-state index contributed by atoms with van der Waals surface area (Å²) in [4.78, 5) is 40.2. The van der Waals surface area contributed by atoms with Crippen LogP contribution in [-0.2, 0) is 13.6 Å². The molecule has 0 radical (unpaired) electrons. The molecule has 0 aliphatic carbocycles. The third kappa shape index (κ3) is 5.46. The number of carbonyl (C=O) groups excluding carboxylic acids is 1. The largest absolute Gasteiger partial charge is 0.384 e. The monoisotopic (exact) mass is 415 g/mol. The van der Waals surface area contributed by atoms with Gasteiger partial charge < -0.3 is 11.1 Å². The summed E-state index contributed by atoms with van der Waals surface area (Å²) in [5, 5.41) is 3.10. The molecule has 3 N–H and O–H groups in total. The van der Waals surface area contributed by atoms with Gasteiger partial charge in [-0.2, -0.15) is 0 Å². The molecule has 0 saturated carbocycles. The molecule has 0 amide bonds. The van der Waals surface area contributed by atoms with Crippen LogP contribution >= 0.6 is 0 Å². The van der Waals surface area contributed by atoms with Gasteiger partial charge >= 0.3 is 5.69 Å². The molecule has 0 unspecified atom stereocenters. The van der Waals surface area contributed by atoms with Crippen LogP contribution in [0, 0.1) is 0 Å². The van der Waals surface area contributed by atoms with Crippen molar-refractivity contribution in [3.63, 3.8) is 0 Å². The van der Waals surface area contributed by atoms with Gasteiger partial charge in [-0.1, -0.05) is 30.3 Å². The van der Waals surface area contributed by atoms with E-state index in [1.54, 1.807) is 0 Å². The van der Waals surface area contributed by atoms with Gasteiger partial charge in [0.25, 0.3) is 5.56 Å². The molecule has 0 fully saturated rings. The zero-order valence-corrected chi connectivity index (χ0v) is 18.5. The number of hydrogen-bond acceptors (Lipinski definition) is 6. The number of nitrogens with two attached hydrogens (primary N) is 1. The van der Waals surface area contributed by atoms with Crippen molar-refractivity contribution in [3.05, 3.63) is 62.3 Å². The molecule has 1 aromatic heterocycles. The molecule has 0 aliphatic rings. The molecular formula is C22H33N5O3. The second-order valence-electron chi connectivity index (χ2n) is 8.00. The Morgan fingerprint density at radius 3 is 2.27 bits per heavy atom. The van der Waals surface area contributed by atoms with E-state index in [1.165, 1.54) is 11.6 Å². The van der Waals surface area contributed by atoms with E-state index in [2.05, 4.69) is 37.9 Å². The van der Waals surface area contributed by atoms with Gasteiger partial charge in [-0.05, 0) is 33.3 Å². The number of nitrogen functional groups attached to an aromatic ring is 1. The Bertz CT molecular complexity index is 969. The molecule has 0 saturated heterocycles. The third-order valence-corrected chi connectivity index (χ3v) is 5.20. The molecule has 164 valence electrons. The van der Waals surface area contributed by atoms with Crippen LogP contribution in [0.5, 0.6) is 0 Å². The summed E-state index contributed by atoms with van der Waals surface area (Å²) in [6.07, 6.45) is 0. The van der Waals surface area contributed by atoms with Crippen molar-refractivity contribution in [2.24, 2.45) is 7.05 Å². The summed E-state index contributed by atoms with van der Waals surface area (Å²) in [5.74, 6) is -0.514. The fraction of sp³-hybridized carbons (Fsp3) is 0.500. The van der Waals surface area contributed by atoms with Crippen LogP contribution in [0.1, 0.15) is 43.6 Å². The highest BCUT2D eigenvalue weighted by atomic mass is 16.2. The first kappa shape index (κ1) is 23.6. The molecule has 8 nitrogen and oxygen atoms in total. The predicted octanol–water partition coefficient (Wildman–Crippen LogP) is 1.07. The van der Waals surface area contributed by atoms with Crippen LogP contribution in [0.4, 0.5) is 5.82 Å². The summed E-state index contributed by atoms with van der Waals surface area (Å²) in [5.41, 5.74) is 5.62. The molecule has 0 aliphatic heterocycles. The van der Waals surface area contributed by atoms with Gasteiger partial charge in [-0.3, -0.25) is 23.6 Å². The molecule has 1 aromatic carbocycles. The van der Waals surface area contributed by atoms with Crippen molar-refractivity contribution < 1.29 is 4.79 Å². The number of nitrogens with one attached hydrogen (secondary N) is 1. The molecule has 0 atom stereocenters. The lowest BCUT2D eigenvalue weighted by Crippen LogP contribution is -2.45. The number of nitrogens with zero attached hydrogens (tertiary/aromatic N) is 3. The molecule has 1 heterocycles. The Balaban J connectivity index is 2.19. The number of carbonyl (C=O) groups is 1. The van der Waals surface area contributed by atoms with Crippen molar-refractivity contribution in [1.29, 1.82) is 0 Å². The van der Waals surface area contributed by atoms with Crippen LogP contribution in [0.25, 0.3) is 0 Å². The van der Waals surface area contributed by atoms with Gasteiger partial charge in [-0.25, -0.2) is 4.79 Å². The van der Waals surface area contributed by atoms with Crippen molar-refractivity contribution in [1.82, 2.24) is 19.4 Å². The molecule has 2 aromatic rings. The highest BCUT2D eigenvalue weighted by Crippen LogP contribution is 2.09. The van der Waals surface area contributed by atoms with Crippen molar-refractivity contribution >= 4 is 11.6 Å². The number of ketones is 1. The number of Topliss-reactive ketones (excluding diaryl/α,β-unsaturated/α-hetero) is 1. The summed E-state index contributed by atoms with van der Waals surface area (Å²) >= 11 is 0. The number of hydrogen-bond donors (Lipinski definition) is 2. The summed E-state index contributed by atoms with van der Waals surface area (Å²) in [6.45, 7) is 10.1. The molecule has 8 heteroatoms. The van der Waals surface area contributed by atoms with Crippen molar-refractivity contribution in [2.45, 2.75) is 46.3 Å². The van der Waals surface area contributed by atoms with Gasteiger partial charge in [-0.15, -0.1) is 0 Å². The third-order valence-electron chi connectivity index (χ3n) is 5.20. The molecule has 0 bridgehead atoms. The van der Waals surface area contributed by atoms with Crippen molar-refractivity contribution in [2.75, 3.05) is 25.4 Å². The number of benzene rings is 1. The normalized spacial score (nSPS) is 11.6. The minimum Gasteiger partial charge on any atom is -0.384 e. The maximum atomic E-state index is 12.8. The predicted molar refractivity (Wildman–Crippen MR) is 120 cm³/mol. The van der Waals surface area contributed by atoms with Crippen molar-refractivity contribution in [3.8, 4) is 0 Å². The lowest BCUT2D eigenvalue weighted by Gasteiger charge is -2.30. The SMILES string of the molecule is CC(C)N(CCNCC(=O)c1c(N)n(Cc2ccccc2)c(=O)n(C)c1=O)C(C)C. The van der Waals surface area contributed by atoms with E-state index in [-0.39, 0.29) is 24.5 Å². The maximum absolute atomic E-state index is 12.8. The fourth-order valence-corrected chi connectivity index (χ4v) is 3.58. The fourth-order valence-electron chi connectivity index (χ4n) is 3.58. The number of rotatable bonds is 10. The van der Waals surface area contributed by atoms with E-state index in [1.807, 2.05) is 30.3 Å². The second kappa shape index (κ2) is 10.4. The van der Waals surface area contributed by atoms with E-state index in [0.717, 1.165) is 16.7 Å². The van der Waals surface area contributed by atoms with Gasteiger partial charge in [0.05, 0.1) is 13.1 Å². The molecular weight excluding hydrogens is 382 g/mol. The average Bonchev–Trinajstić information content (AvgIpc) is 2.69. The summed E-state index contributed by atoms with van der Waals surface area (Å²) < 4.78 is 2.20. The minimum absolute atomic E-state index is 0.0208. The first-order valence-electron chi connectivity index (χ1n) is 10.3. The lowest BCUT2D eigenvalue weighted by atomic mass is 10.1. The number of aromatic nitrogens is 2. The zero-order chi connectivity index (χ0) is 22.4. The van der Waals surface area contributed by atoms with Crippen LogP contribution in [0.3, 0.4) is 0 Å². The standard InChI is InChI=1S/C22H33N5O3/c1-15(2)26(16(3)4)12-11-24-13-18(28)19-20(23)27(22(30)25(5)21(19)29)14-17-9-7-6-8-10-17/h6-10,15-16,24H,11-14,23H2,1-5H3. The van der Waals surface area contributed by atoms with Gasteiger partial charge in [0.1, 0.15) is 11.4 Å². The smallest absolute Gasteiger partial charge is 0.332 e. The topological polar surface area (TPSA) is 102 Å². The van der Waals surface area contributed by atoms with E-state index >= 15 is 0 Å². The van der Waals surface area contributed by atoms with Crippen LogP contribution in [-0.4, -0.2) is 51.5 Å². The average molecular weight is 416 g/mol. The van der Waals surface area contributed by atoms with Gasteiger partial charge in [0.15, 0.2) is 5.78 Å².